The molecule has 1 aromatic rings. The summed E-state index contributed by atoms with van der Waals surface area (Å²) in [5.74, 6) is -2.26. The molecule has 34 heavy (non-hydrogen) atoms. The molecule has 4 atom stereocenters. The van der Waals surface area contributed by atoms with Crippen LogP contribution in [0.1, 0.15) is 38.2 Å². The molecule has 1 N–H and O–H groups in total. The largest absolute Gasteiger partial charge is 0.469 e. The van der Waals surface area contributed by atoms with E-state index in [4.69, 9.17) is 14.2 Å². The van der Waals surface area contributed by atoms with Gasteiger partial charge in [0.1, 0.15) is 11.0 Å². The molecule has 2 aliphatic heterocycles. The van der Waals surface area contributed by atoms with Gasteiger partial charge in [0.05, 0.1) is 27.2 Å². The van der Waals surface area contributed by atoms with E-state index in [0.717, 1.165) is 5.56 Å². The number of piperidine rings is 1. The quantitative estimate of drug-likeness (QED) is 0.340. The summed E-state index contributed by atoms with van der Waals surface area (Å²) in [6, 6.07) is 9.40. The number of likely N-dealkylation sites (tertiary alicyclic amines) is 1. The van der Waals surface area contributed by atoms with Gasteiger partial charge in [-0.15, -0.1) is 0 Å². The first-order valence-corrected chi connectivity index (χ1v) is 11.5. The highest BCUT2D eigenvalue weighted by atomic mass is 16.5. The molecule has 186 valence electrons. The van der Waals surface area contributed by atoms with Crippen molar-refractivity contribution in [2.45, 2.75) is 50.7 Å². The fourth-order valence-electron chi connectivity index (χ4n) is 5.31. The van der Waals surface area contributed by atoms with E-state index in [9.17, 15) is 19.2 Å². The van der Waals surface area contributed by atoms with Crippen molar-refractivity contribution < 1.29 is 33.4 Å². The van der Waals surface area contributed by atoms with Crippen LogP contribution in [-0.2, 0) is 39.9 Å². The van der Waals surface area contributed by atoms with Crippen LogP contribution in [0.5, 0.6) is 0 Å². The van der Waals surface area contributed by atoms with E-state index in [2.05, 4.69) is 10.2 Å². The van der Waals surface area contributed by atoms with Gasteiger partial charge in [-0.1, -0.05) is 30.3 Å². The Hall–Kier alpha value is -2.78. The Balaban J connectivity index is 1.81. The van der Waals surface area contributed by atoms with Crippen LogP contribution >= 0.6 is 0 Å². The molecule has 2 heterocycles. The van der Waals surface area contributed by atoms with Crippen molar-refractivity contribution in [1.29, 1.82) is 0 Å². The van der Waals surface area contributed by atoms with E-state index in [1.54, 1.807) is 6.92 Å². The summed E-state index contributed by atoms with van der Waals surface area (Å²) in [7, 11) is 3.88. The molecule has 1 unspecified atom stereocenters. The Morgan fingerprint density at radius 2 is 1.74 bits per heavy atom. The van der Waals surface area contributed by atoms with Crippen LogP contribution in [0.25, 0.3) is 0 Å². The summed E-state index contributed by atoms with van der Waals surface area (Å²) in [5.41, 5.74) is -1.31. The van der Waals surface area contributed by atoms with Crippen molar-refractivity contribution in [2.24, 2.45) is 11.3 Å². The molecule has 0 saturated carbocycles. The summed E-state index contributed by atoms with van der Waals surface area (Å²) in [6.45, 7) is 3.08. The number of methoxy groups -OCH3 is 3. The van der Waals surface area contributed by atoms with Crippen LogP contribution in [0.15, 0.2) is 30.3 Å². The van der Waals surface area contributed by atoms with Crippen LogP contribution in [0, 0.1) is 11.3 Å². The van der Waals surface area contributed by atoms with E-state index in [1.165, 1.54) is 21.3 Å². The van der Waals surface area contributed by atoms with Crippen molar-refractivity contribution in [3.8, 4) is 0 Å². The third kappa shape index (κ3) is 5.15. The number of ketones is 1. The lowest BCUT2D eigenvalue weighted by Gasteiger charge is -2.40. The molecule has 0 amide bonds. The maximum absolute atomic E-state index is 13.2. The van der Waals surface area contributed by atoms with Crippen LogP contribution in [-0.4, -0.2) is 74.6 Å². The molecule has 0 bridgehead atoms. The monoisotopic (exact) mass is 474 g/mol. The van der Waals surface area contributed by atoms with Crippen molar-refractivity contribution in [1.82, 2.24) is 10.2 Å². The number of carbonyl (C=O) groups is 4. The zero-order chi connectivity index (χ0) is 24.9. The summed E-state index contributed by atoms with van der Waals surface area (Å²) in [4.78, 5) is 53.1. The molecule has 2 aliphatic rings. The summed E-state index contributed by atoms with van der Waals surface area (Å²) in [5, 5.41) is 3.21. The highest BCUT2D eigenvalue weighted by molar-refractivity contribution is 6.04. The molecular weight excluding hydrogens is 440 g/mol. The molecule has 0 radical (unpaired) electrons. The smallest absolute Gasteiger partial charge is 0.325 e. The lowest BCUT2D eigenvalue weighted by atomic mass is 9.73. The van der Waals surface area contributed by atoms with Gasteiger partial charge in [-0.2, -0.15) is 0 Å². The molecule has 2 saturated heterocycles. The standard InChI is InChI=1S/C25H34N2O7/c1-24(22(30)33-3)14-18(21(29)32-2)19(26-24)10-12-25(23(31)34-4)16-27(13-11-20(25)28)15-17-8-6-5-7-9-17/h5-9,18-19,26H,10-16H2,1-4H3/t18-,19-,24-,25?/m0/s1. The van der Waals surface area contributed by atoms with Crippen LogP contribution in [0.3, 0.4) is 0 Å². The second kappa shape index (κ2) is 10.7. The van der Waals surface area contributed by atoms with Crippen LogP contribution in [0.4, 0.5) is 0 Å². The highest BCUT2D eigenvalue weighted by Gasteiger charge is 2.54. The van der Waals surface area contributed by atoms with Crippen LogP contribution in [0.2, 0.25) is 0 Å². The van der Waals surface area contributed by atoms with Gasteiger partial charge in [0.2, 0.25) is 0 Å². The van der Waals surface area contributed by atoms with Crippen molar-refractivity contribution >= 4 is 23.7 Å². The third-order valence-corrected chi connectivity index (χ3v) is 7.15. The zero-order valence-electron chi connectivity index (χ0n) is 20.3. The molecule has 9 heteroatoms. The van der Waals surface area contributed by atoms with Gasteiger partial charge in [-0.05, 0) is 31.7 Å². The predicted molar refractivity (Wildman–Crippen MR) is 122 cm³/mol. The topological polar surface area (TPSA) is 111 Å². The minimum Gasteiger partial charge on any atom is -0.469 e. The Morgan fingerprint density at radius 3 is 2.35 bits per heavy atom. The maximum Gasteiger partial charge on any atom is 0.325 e. The van der Waals surface area contributed by atoms with Crippen molar-refractivity contribution in [3.63, 3.8) is 0 Å². The second-order valence-electron chi connectivity index (χ2n) is 9.39. The molecule has 2 fully saturated rings. The number of rotatable bonds is 8. The van der Waals surface area contributed by atoms with Gasteiger partial charge in [0.25, 0.3) is 0 Å². The van der Waals surface area contributed by atoms with Gasteiger partial charge in [0, 0.05) is 32.1 Å². The first-order valence-electron chi connectivity index (χ1n) is 11.5. The van der Waals surface area contributed by atoms with E-state index in [-0.39, 0.29) is 31.6 Å². The molecule has 3 rings (SSSR count). The lowest BCUT2D eigenvalue weighted by Crippen LogP contribution is -2.55. The normalized spacial score (nSPS) is 29.5. The number of carbonyl (C=O) groups excluding carboxylic acids is 4. The number of benzene rings is 1. The minimum absolute atomic E-state index is 0.160. The van der Waals surface area contributed by atoms with Crippen molar-refractivity contribution in [2.75, 3.05) is 34.4 Å². The van der Waals surface area contributed by atoms with Gasteiger partial charge in [0.15, 0.2) is 5.78 Å². The Labute approximate surface area is 200 Å². The number of Topliss-reactive ketones (excluding diaryl/α,β-unsaturated/α-hetero) is 1. The predicted octanol–water partition coefficient (Wildman–Crippen LogP) is 1.48. The maximum atomic E-state index is 13.2. The molecule has 0 aromatic heterocycles. The third-order valence-electron chi connectivity index (χ3n) is 7.15. The molecule has 0 spiro atoms. The lowest BCUT2D eigenvalue weighted by molar-refractivity contribution is -0.163. The van der Waals surface area contributed by atoms with Crippen LogP contribution < -0.4 is 5.32 Å². The second-order valence-corrected chi connectivity index (χ2v) is 9.39. The van der Waals surface area contributed by atoms with E-state index < -0.39 is 40.8 Å². The molecule has 9 nitrogen and oxygen atoms in total. The number of esters is 3. The highest BCUT2D eigenvalue weighted by Crippen LogP contribution is 2.39. The number of nitrogens with one attached hydrogen (secondary N) is 1. The average Bonchev–Trinajstić information content (AvgIpc) is 3.21. The number of hydrogen-bond acceptors (Lipinski definition) is 9. The van der Waals surface area contributed by atoms with Gasteiger partial charge >= 0.3 is 17.9 Å². The number of nitrogens with zero attached hydrogens (tertiary/aromatic N) is 1. The van der Waals surface area contributed by atoms with E-state index in [0.29, 0.717) is 19.5 Å². The fourth-order valence-corrected chi connectivity index (χ4v) is 5.31. The Kier molecular flexibility index (Phi) is 8.09. The number of hydrogen-bond donors (Lipinski definition) is 1. The van der Waals surface area contributed by atoms with E-state index >= 15 is 0 Å². The summed E-state index contributed by atoms with van der Waals surface area (Å²) in [6.07, 6.45) is 0.940. The van der Waals surface area contributed by atoms with Gasteiger partial charge in [-0.25, -0.2) is 0 Å². The average molecular weight is 475 g/mol. The minimum atomic E-state index is -1.34. The van der Waals surface area contributed by atoms with Crippen molar-refractivity contribution in [3.05, 3.63) is 35.9 Å². The molecule has 1 aromatic carbocycles. The zero-order valence-corrected chi connectivity index (χ0v) is 20.3. The Morgan fingerprint density at radius 1 is 1.06 bits per heavy atom. The number of ether oxygens (including phenoxy) is 3. The van der Waals surface area contributed by atoms with E-state index in [1.807, 2.05) is 30.3 Å². The first-order chi connectivity index (χ1) is 16.2. The summed E-state index contributed by atoms with van der Waals surface area (Å²) >= 11 is 0. The molecular formula is C25H34N2O7. The first kappa shape index (κ1) is 25.8. The molecule has 0 aliphatic carbocycles. The Bertz CT molecular complexity index is 911. The SMILES string of the molecule is COC(=O)[C@H]1C[C@@](C)(C(=O)OC)N[C@H]1CCC1(C(=O)OC)CN(Cc2ccccc2)CCC1=O. The fraction of sp³-hybridized carbons (Fsp3) is 0.600. The van der Waals surface area contributed by atoms with Gasteiger partial charge < -0.3 is 14.2 Å². The summed E-state index contributed by atoms with van der Waals surface area (Å²) < 4.78 is 15.0. The van der Waals surface area contributed by atoms with Gasteiger partial charge in [-0.3, -0.25) is 29.4 Å².